The van der Waals surface area contributed by atoms with E-state index in [9.17, 15) is 19.2 Å². The van der Waals surface area contributed by atoms with Crippen molar-refractivity contribution in [2.75, 3.05) is 48.9 Å². The maximum atomic E-state index is 13.1. The normalized spacial score (nSPS) is 16.8. The summed E-state index contributed by atoms with van der Waals surface area (Å²) in [6.07, 6.45) is 0.922. The van der Waals surface area contributed by atoms with Crippen molar-refractivity contribution in [2.24, 2.45) is 0 Å². The Morgan fingerprint density at radius 3 is 2.64 bits per heavy atom. The minimum Gasteiger partial charge on any atom is -0.490 e. The summed E-state index contributed by atoms with van der Waals surface area (Å²) in [5.41, 5.74) is 1.62. The minimum atomic E-state index is -0.700. The largest absolute Gasteiger partial charge is 0.490 e. The van der Waals surface area contributed by atoms with Crippen LogP contribution in [0.3, 0.4) is 0 Å². The molecule has 11 nitrogen and oxygen atoms in total. The Morgan fingerprint density at radius 2 is 1.83 bits per heavy atom. The SMILES string of the molecule is CC1CC(=O)Nc2ccccc2N1C(=O)CN(C)CC(=O)NC(=O)Nc1ccc2c(c1)OCCCO2. The fourth-order valence-electron chi connectivity index (χ4n) is 4.15. The first-order valence-corrected chi connectivity index (χ1v) is 11.7. The molecule has 0 radical (unpaired) electrons. The zero-order valence-electron chi connectivity index (χ0n) is 20.2. The highest BCUT2D eigenvalue weighted by atomic mass is 16.5. The van der Waals surface area contributed by atoms with Gasteiger partial charge in [0.25, 0.3) is 0 Å². The van der Waals surface area contributed by atoms with Gasteiger partial charge in [-0.2, -0.15) is 0 Å². The smallest absolute Gasteiger partial charge is 0.325 e. The van der Waals surface area contributed by atoms with Crippen molar-refractivity contribution < 1.29 is 28.7 Å². The van der Waals surface area contributed by atoms with E-state index in [1.165, 1.54) is 4.90 Å². The molecule has 0 spiro atoms. The molecule has 2 aliphatic heterocycles. The number of amides is 5. The number of likely N-dealkylation sites (N-methyl/N-ethyl adjacent to an activating group) is 1. The first kappa shape index (κ1) is 25.0. The predicted molar refractivity (Wildman–Crippen MR) is 133 cm³/mol. The molecular formula is C25H29N5O6. The van der Waals surface area contributed by atoms with Crippen LogP contribution in [0.1, 0.15) is 19.8 Å². The quantitative estimate of drug-likeness (QED) is 0.580. The Bertz CT molecular complexity index is 1170. The van der Waals surface area contributed by atoms with Crippen LogP contribution in [0.5, 0.6) is 11.5 Å². The summed E-state index contributed by atoms with van der Waals surface area (Å²) in [5.74, 6) is 0.118. The molecule has 0 aromatic heterocycles. The molecule has 1 unspecified atom stereocenters. The molecular weight excluding hydrogens is 466 g/mol. The first-order valence-electron chi connectivity index (χ1n) is 11.7. The lowest BCUT2D eigenvalue weighted by molar-refractivity contribution is -0.122. The number of benzene rings is 2. The Labute approximate surface area is 208 Å². The standard InChI is InChI=1S/C25H29N5O6/c1-16-12-22(31)27-18-6-3-4-7-19(18)30(16)24(33)15-29(2)14-23(32)28-25(34)26-17-8-9-20-21(13-17)36-11-5-10-35-20/h3-4,6-9,13,16H,5,10-12,14-15H2,1-2H3,(H,27,31)(H2,26,28,32,34). The summed E-state index contributed by atoms with van der Waals surface area (Å²) in [6, 6.07) is 11.0. The van der Waals surface area contributed by atoms with Gasteiger partial charge in [-0.25, -0.2) is 4.79 Å². The molecule has 36 heavy (non-hydrogen) atoms. The van der Waals surface area contributed by atoms with Crippen LogP contribution in [0, 0.1) is 0 Å². The zero-order chi connectivity index (χ0) is 25.7. The third kappa shape index (κ3) is 6.11. The number of anilines is 3. The summed E-state index contributed by atoms with van der Waals surface area (Å²) in [5, 5.41) is 7.68. The van der Waals surface area contributed by atoms with E-state index >= 15 is 0 Å². The van der Waals surface area contributed by atoms with Gasteiger partial charge in [0.05, 0.1) is 37.7 Å². The fourth-order valence-corrected chi connectivity index (χ4v) is 4.15. The van der Waals surface area contributed by atoms with Crippen molar-refractivity contribution in [3.05, 3.63) is 42.5 Å². The molecule has 2 aromatic rings. The number of ether oxygens (including phenoxy) is 2. The molecule has 0 saturated carbocycles. The summed E-state index contributed by atoms with van der Waals surface area (Å²) < 4.78 is 11.2. The number of para-hydroxylation sites is 2. The van der Waals surface area contributed by atoms with Crippen molar-refractivity contribution in [3.8, 4) is 11.5 Å². The van der Waals surface area contributed by atoms with Crippen LogP contribution >= 0.6 is 0 Å². The van der Waals surface area contributed by atoms with Gasteiger partial charge in [0, 0.05) is 30.6 Å². The molecule has 4 rings (SSSR count). The molecule has 0 saturated heterocycles. The number of carbonyl (C=O) groups excluding carboxylic acids is 4. The van der Waals surface area contributed by atoms with Crippen molar-refractivity contribution in [1.82, 2.24) is 10.2 Å². The molecule has 1 atom stereocenters. The molecule has 2 heterocycles. The highest BCUT2D eigenvalue weighted by molar-refractivity contribution is 6.05. The van der Waals surface area contributed by atoms with Crippen LogP contribution in [-0.2, 0) is 14.4 Å². The van der Waals surface area contributed by atoms with E-state index in [4.69, 9.17) is 9.47 Å². The van der Waals surface area contributed by atoms with Gasteiger partial charge in [0.1, 0.15) is 0 Å². The van der Waals surface area contributed by atoms with E-state index in [0.29, 0.717) is 41.8 Å². The van der Waals surface area contributed by atoms with Gasteiger partial charge in [-0.3, -0.25) is 24.6 Å². The average molecular weight is 496 g/mol. The molecule has 11 heteroatoms. The minimum absolute atomic E-state index is 0.0793. The lowest BCUT2D eigenvalue weighted by Gasteiger charge is -2.29. The molecule has 3 N–H and O–H groups in total. The number of hydrogen-bond acceptors (Lipinski definition) is 7. The summed E-state index contributed by atoms with van der Waals surface area (Å²) in [7, 11) is 1.61. The molecule has 2 aromatic carbocycles. The number of carbonyl (C=O) groups is 4. The van der Waals surface area contributed by atoms with Crippen LogP contribution in [0.4, 0.5) is 21.9 Å². The van der Waals surface area contributed by atoms with E-state index < -0.39 is 11.9 Å². The van der Waals surface area contributed by atoms with Gasteiger partial charge in [-0.1, -0.05) is 12.1 Å². The Morgan fingerprint density at radius 1 is 1.08 bits per heavy atom. The maximum absolute atomic E-state index is 13.1. The van der Waals surface area contributed by atoms with E-state index in [0.717, 1.165) is 6.42 Å². The highest BCUT2D eigenvalue weighted by Crippen LogP contribution is 2.32. The van der Waals surface area contributed by atoms with E-state index in [-0.39, 0.29) is 37.4 Å². The molecule has 0 aliphatic carbocycles. The molecule has 5 amide bonds. The summed E-state index contributed by atoms with van der Waals surface area (Å²) in [6.45, 7) is 2.62. The molecule has 2 aliphatic rings. The van der Waals surface area contributed by atoms with Crippen LogP contribution in [0.25, 0.3) is 0 Å². The van der Waals surface area contributed by atoms with Gasteiger partial charge in [-0.15, -0.1) is 0 Å². The zero-order valence-corrected chi connectivity index (χ0v) is 20.2. The number of urea groups is 1. The van der Waals surface area contributed by atoms with Gasteiger partial charge in [0.2, 0.25) is 17.7 Å². The lowest BCUT2D eigenvalue weighted by Crippen LogP contribution is -2.47. The van der Waals surface area contributed by atoms with Crippen LogP contribution in [-0.4, -0.2) is 68.0 Å². The van der Waals surface area contributed by atoms with E-state index in [1.807, 2.05) is 0 Å². The predicted octanol–water partition coefficient (Wildman–Crippen LogP) is 2.19. The third-order valence-electron chi connectivity index (χ3n) is 5.70. The molecule has 0 bridgehead atoms. The Hall–Kier alpha value is -4.12. The topological polar surface area (TPSA) is 129 Å². The number of rotatable bonds is 5. The number of nitrogens with zero attached hydrogens (tertiary/aromatic N) is 2. The van der Waals surface area contributed by atoms with Gasteiger partial charge >= 0.3 is 6.03 Å². The number of fused-ring (bicyclic) bond motifs is 2. The fraction of sp³-hybridized carbons (Fsp3) is 0.360. The lowest BCUT2D eigenvalue weighted by atomic mass is 10.1. The Kier molecular flexibility index (Phi) is 7.69. The third-order valence-corrected chi connectivity index (χ3v) is 5.70. The van der Waals surface area contributed by atoms with Gasteiger partial charge < -0.3 is 25.0 Å². The van der Waals surface area contributed by atoms with Crippen molar-refractivity contribution in [1.29, 1.82) is 0 Å². The number of nitrogens with one attached hydrogen (secondary N) is 3. The van der Waals surface area contributed by atoms with Crippen molar-refractivity contribution in [2.45, 2.75) is 25.8 Å². The second kappa shape index (κ2) is 11.1. The first-order chi connectivity index (χ1) is 17.3. The van der Waals surface area contributed by atoms with Crippen molar-refractivity contribution >= 4 is 40.8 Å². The summed E-state index contributed by atoms with van der Waals surface area (Å²) in [4.78, 5) is 53.1. The average Bonchev–Trinajstić information content (AvgIpc) is 3.11. The number of imide groups is 1. The van der Waals surface area contributed by atoms with Crippen LogP contribution < -0.4 is 30.3 Å². The van der Waals surface area contributed by atoms with Crippen LogP contribution in [0.15, 0.2) is 42.5 Å². The second-order valence-corrected chi connectivity index (χ2v) is 8.77. The van der Waals surface area contributed by atoms with Crippen molar-refractivity contribution in [3.63, 3.8) is 0 Å². The van der Waals surface area contributed by atoms with E-state index in [2.05, 4.69) is 16.0 Å². The maximum Gasteiger partial charge on any atom is 0.325 e. The second-order valence-electron chi connectivity index (χ2n) is 8.77. The van der Waals surface area contributed by atoms with Gasteiger partial charge in [-0.05, 0) is 38.2 Å². The number of hydrogen-bond donors (Lipinski definition) is 3. The van der Waals surface area contributed by atoms with E-state index in [1.54, 1.807) is 61.3 Å². The molecule has 0 fully saturated rings. The summed E-state index contributed by atoms with van der Waals surface area (Å²) >= 11 is 0. The van der Waals surface area contributed by atoms with Gasteiger partial charge in [0.15, 0.2) is 11.5 Å². The Balaban J connectivity index is 1.31. The van der Waals surface area contributed by atoms with Crippen LogP contribution in [0.2, 0.25) is 0 Å². The monoisotopic (exact) mass is 495 g/mol. The highest BCUT2D eigenvalue weighted by Gasteiger charge is 2.30. The molecule has 190 valence electrons.